The number of nitrogens with zero attached hydrogens (tertiary/aromatic N) is 1. The number of methoxy groups -OCH3 is 1. The molecule has 3 unspecified atom stereocenters. The zero-order chi connectivity index (χ0) is 12.6. The minimum atomic E-state index is 0.216. The predicted molar refractivity (Wildman–Crippen MR) is 74.6 cm³/mol. The summed E-state index contributed by atoms with van der Waals surface area (Å²) in [6.45, 7) is 10.0. The standard InChI is InChI=1S/C13H24N2OS/c1-8(2)9-7-14-12(17-9)15-10-6-11(16-5)13(10,3)4/h8-11H,6-7H2,1-5H3,(H,14,15). The maximum atomic E-state index is 5.47. The second-order valence-corrected chi connectivity index (χ2v) is 7.25. The highest BCUT2D eigenvalue weighted by Crippen LogP contribution is 2.43. The van der Waals surface area contributed by atoms with Crippen LogP contribution in [0.4, 0.5) is 0 Å². The number of nitrogens with one attached hydrogen (secondary N) is 1. The molecule has 17 heavy (non-hydrogen) atoms. The molecular formula is C13H24N2OS. The lowest BCUT2D eigenvalue weighted by Crippen LogP contribution is -2.61. The molecule has 1 fully saturated rings. The molecular weight excluding hydrogens is 232 g/mol. The molecule has 98 valence electrons. The highest BCUT2D eigenvalue weighted by atomic mass is 32.2. The molecule has 0 radical (unpaired) electrons. The van der Waals surface area contributed by atoms with Gasteiger partial charge in [0.05, 0.1) is 12.6 Å². The number of aliphatic imine (C=N–C) groups is 1. The zero-order valence-electron chi connectivity index (χ0n) is 11.5. The topological polar surface area (TPSA) is 33.6 Å². The Morgan fingerprint density at radius 2 is 2.18 bits per heavy atom. The molecule has 1 aliphatic heterocycles. The minimum Gasteiger partial charge on any atom is -0.381 e. The fourth-order valence-electron chi connectivity index (χ4n) is 2.50. The summed E-state index contributed by atoms with van der Waals surface area (Å²) in [6, 6.07) is 0.504. The number of ether oxygens (including phenoxy) is 1. The van der Waals surface area contributed by atoms with E-state index in [4.69, 9.17) is 4.74 Å². The van der Waals surface area contributed by atoms with Crippen molar-refractivity contribution in [3.63, 3.8) is 0 Å². The van der Waals surface area contributed by atoms with Gasteiger partial charge in [-0.15, -0.1) is 0 Å². The molecule has 1 heterocycles. The number of amidine groups is 1. The first-order valence-electron chi connectivity index (χ1n) is 6.45. The molecule has 0 spiro atoms. The summed E-state index contributed by atoms with van der Waals surface area (Å²) in [4.78, 5) is 4.60. The van der Waals surface area contributed by atoms with Gasteiger partial charge in [0.1, 0.15) is 0 Å². The third-order valence-electron chi connectivity index (χ3n) is 4.18. The Morgan fingerprint density at radius 3 is 2.65 bits per heavy atom. The Hall–Kier alpha value is -0.220. The normalized spacial score (nSPS) is 35.6. The fraction of sp³-hybridized carbons (Fsp3) is 0.923. The Bertz CT molecular complexity index is 315. The molecule has 0 saturated heterocycles. The van der Waals surface area contributed by atoms with Gasteiger partial charge in [-0.1, -0.05) is 39.5 Å². The van der Waals surface area contributed by atoms with Crippen LogP contribution in [0.25, 0.3) is 0 Å². The Morgan fingerprint density at radius 1 is 1.47 bits per heavy atom. The third-order valence-corrected chi connectivity index (χ3v) is 5.65. The van der Waals surface area contributed by atoms with Crippen molar-refractivity contribution in [3.05, 3.63) is 0 Å². The van der Waals surface area contributed by atoms with Gasteiger partial charge in [0.2, 0.25) is 0 Å². The largest absolute Gasteiger partial charge is 0.381 e. The quantitative estimate of drug-likeness (QED) is 0.842. The van der Waals surface area contributed by atoms with E-state index in [1.165, 1.54) is 0 Å². The van der Waals surface area contributed by atoms with E-state index in [1.54, 1.807) is 7.11 Å². The van der Waals surface area contributed by atoms with Gasteiger partial charge in [-0.2, -0.15) is 0 Å². The van der Waals surface area contributed by atoms with Crippen molar-refractivity contribution in [3.8, 4) is 0 Å². The summed E-state index contributed by atoms with van der Waals surface area (Å²) >= 11 is 1.90. The third kappa shape index (κ3) is 2.48. The first kappa shape index (κ1) is 13.2. The lowest BCUT2D eigenvalue weighted by molar-refractivity contribution is -0.0917. The monoisotopic (exact) mass is 256 g/mol. The SMILES string of the molecule is COC1CC(NC2=NCC(C(C)C)S2)C1(C)C. The van der Waals surface area contributed by atoms with Crippen molar-refractivity contribution in [2.45, 2.75) is 51.5 Å². The summed E-state index contributed by atoms with van der Waals surface area (Å²) in [7, 11) is 1.80. The maximum absolute atomic E-state index is 5.47. The Balaban J connectivity index is 1.84. The fourth-order valence-corrected chi connectivity index (χ4v) is 3.56. The molecule has 3 nitrogen and oxygen atoms in total. The van der Waals surface area contributed by atoms with Gasteiger partial charge in [-0.05, 0) is 12.3 Å². The molecule has 1 N–H and O–H groups in total. The van der Waals surface area contributed by atoms with Crippen LogP contribution in [-0.2, 0) is 4.74 Å². The molecule has 0 aromatic rings. The van der Waals surface area contributed by atoms with Gasteiger partial charge in [0.15, 0.2) is 5.17 Å². The molecule has 1 aliphatic carbocycles. The van der Waals surface area contributed by atoms with Gasteiger partial charge < -0.3 is 10.1 Å². The summed E-state index contributed by atoms with van der Waals surface area (Å²) in [6.07, 6.45) is 1.47. The molecule has 0 aromatic carbocycles. The van der Waals surface area contributed by atoms with Crippen LogP contribution in [0.5, 0.6) is 0 Å². The van der Waals surface area contributed by atoms with Crippen LogP contribution >= 0.6 is 11.8 Å². The van der Waals surface area contributed by atoms with Crippen molar-refractivity contribution in [2.75, 3.05) is 13.7 Å². The molecule has 3 atom stereocenters. The molecule has 0 aromatic heterocycles. The molecule has 2 aliphatic rings. The smallest absolute Gasteiger partial charge is 0.157 e. The van der Waals surface area contributed by atoms with E-state index in [-0.39, 0.29) is 5.41 Å². The van der Waals surface area contributed by atoms with Crippen LogP contribution < -0.4 is 5.32 Å². The number of hydrogen-bond donors (Lipinski definition) is 1. The summed E-state index contributed by atoms with van der Waals surface area (Å²) in [5, 5.41) is 5.37. The second-order valence-electron chi connectivity index (χ2n) is 6.02. The Labute approximate surface area is 109 Å². The summed E-state index contributed by atoms with van der Waals surface area (Å²) < 4.78 is 5.47. The molecule has 1 saturated carbocycles. The van der Waals surface area contributed by atoms with E-state index >= 15 is 0 Å². The van der Waals surface area contributed by atoms with E-state index in [0.29, 0.717) is 23.3 Å². The van der Waals surface area contributed by atoms with Gasteiger partial charge in [-0.3, -0.25) is 4.99 Å². The lowest BCUT2D eigenvalue weighted by Gasteiger charge is -2.51. The average molecular weight is 256 g/mol. The van der Waals surface area contributed by atoms with Gasteiger partial charge in [0.25, 0.3) is 0 Å². The van der Waals surface area contributed by atoms with E-state index in [2.05, 4.69) is 38.0 Å². The zero-order valence-corrected chi connectivity index (χ0v) is 12.3. The van der Waals surface area contributed by atoms with Gasteiger partial charge in [0, 0.05) is 23.8 Å². The van der Waals surface area contributed by atoms with Crippen LogP contribution in [0.3, 0.4) is 0 Å². The van der Waals surface area contributed by atoms with Crippen molar-refractivity contribution < 1.29 is 4.74 Å². The lowest BCUT2D eigenvalue weighted by atomic mass is 9.64. The van der Waals surface area contributed by atoms with Gasteiger partial charge in [-0.25, -0.2) is 0 Å². The summed E-state index contributed by atoms with van der Waals surface area (Å²) in [5.41, 5.74) is 0.216. The number of hydrogen-bond acceptors (Lipinski definition) is 4. The van der Waals surface area contributed by atoms with Crippen molar-refractivity contribution in [1.29, 1.82) is 0 Å². The molecule has 0 amide bonds. The predicted octanol–water partition coefficient (Wildman–Crippen LogP) is 2.52. The molecule has 4 heteroatoms. The van der Waals surface area contributed by atoms with Crippen LogP contribution in [0.2, 0.25) is 0 Å². The second kappa shape index (κ2) is 4.81. The number of thioether (sulfide) groups is 1. The van der Waals surface area contributed by atoms with E-state index in [0.717, 1.165) is 18.1 Å². The summed E-state index contributed by atoms with van der Waals surface area (Å²) in [5.74, 6) is 0.698. The first-order valence-corrected chi connectivity index (χ1v) is 7.33. The highest BCUT2D eigenvalue weighted by Gasteiger charge is 2.49. The van der Waals surface area contributed by atoms with E-state index < -0.39 is 0 Å². The van der Waals surface area contributed by atoms with E-state index in [1.807, 2.05) is 11.8 Å². The van der Waals surface area contributed by atoms with Gasteiger partial charge >= 0.3 is 0 Å². The molecule has 0 bridgehead atoms. The van der Waals surface area contributed by atoms with Crippen molar-refractivity contribution >= 4 is 16.9 Å². The minimum absolute atomic E-state index is 0.216. The highest BCUT2D eigenvalue weighted by molar-refractivity contribution is 8.14. The Kier molecular flexibility index (Phi) is 3.74. The van der Waals surface area contributed by atoms with Crippen LogP contribution in [0, 0.1) is 11.3 Å². The average Bonchev–Trinajstić information content (AvgIpc) is 2.72. The van der Waals surface area contributed by atoms with Crippen molar-refractivity contribution in [1.82, 2.24) is 5.32 Å². The van der Waals surface area contributed by atoms with Crippen molar-refractivity contribution in [2.24, 2.45) is 16.3 Å². The van der Waals surface area contributed by atoms with Crippen LogP contribution in [0.1, 0.15) is 34.1 Å². The van der Waals surface area contributed by atoms with Crippen LogP contribution in [0.15, 0.2) is 4.99 Å². The maximum Gasteiger partial charge on any atom is 0.157 e. The first-order chi connectivity index (χ1) is 7.95. The van der Waals surface area contributed by atoms with E-state index in [9.17, 15) is 0 Å². The molecule has 2 rings (SSSR count). The van der Waals surface area contributed by atoms with Crippen LogP contribution in [-0.4, -0.2) is 36.2 Å². The number of rotatable bonds is 3.